The highest BCUT2D eigenvalue weighted by molar-refractivity contribution is 5.89. The minimum Gasteiger partial charge on any atom is -0.441 e. The lowest BCUT2D eigenvalue weighted by atomic mass is 10.0. The molecule has 0 bridgehead atoms. The van der Waals surface area contributed by atoms with Gasteiger partial charge in [0.25, 0.3) is 0 Å². The molecule has 1 fully saturated rings. The maximum absolute atomic E-state index is 13.9. The Bertz CT molecular complexity index is 1060. The van der Waals surface area contributed by atoms with Crippen molar-refractivity contribution in [2.75, 3.05) is 18.4 Å². The first kappa shape index (κ1) is 21.5. The lowest BCUT2D eigenvalue weighted by Crippen LogP contribution is -2.47. The van der Waals surface area contributed by atoms with E-state index in [1.54, 1.807) is 23.1 Å². The van der Waals surface area contributed by atoms with Gasteiger partial charge in [0.1, 0.15) is 5.82 Å². The normalized spacial score (nSPS) is 14.2. The third-order valence-corrected chi connectivity index (χ3v) is 5.43. The molecular weight excluding hydrogens is 411 g/mol. The van der Waals surface area contributed by atoms with E-state index in [9.17, 15) is 14.0 Å². The predicted octanol–water partition coefficient (Wildman–Crippen LogP) is 4.23. The van der Waals surface area contributed by atoms with Gasteiger partial charge in [0.05, 0.1) is 11.8 Å². The van der Waals surface area contributed by atoms with Crippen LogP contribution in [0.1, 0.15) is 25.2 Å². The van der Waals surface area contributed by atoms with Crippen LogP contribution in [0.15, 0.2) is 65.2 Å². The van der Waals surface area contributed by atoms with Crippen LogP contribution in [-0.4, -0.2) is 41.0 Å². The zero-order valence-electron chi connectivity index (χ0n) is 17.6. The third-order valence-electron chi connectivity index (χ3n) is 5.43. The van der Waals surface area contributed by atoms with E-state index in [-0.39, 0.29) is 30.2 Å². The molecule has 0 spiro atoms. The van der Waals surface area contributed by atoms with Crippen molar-refractivity contribution in [3.05, 3.63) is 72.5 Å². The molecular formula is C24H25FN4O3. The van der Waals surface area contributed by atoms with E-state index >= 15 is 0 Å². The van der Waals surface area contributed by atoms with Gasteiger partial charge in [-0.25, -0.2) is 14.2 Å². The Balaban J connectivity index is 1.20. The van der Waals surface area contributed by atoms with E-state index in [2.05, 4.69) is 15.6 Å². The van der Waals surface area contributed by atoms with E-state index in [0.29, 0.717) is 49.6 Å². The Hall–Kier alpha value is -3.68. The van der Waals surface area contributed by atoms with E-state index in [1.807, 2.05) is 30.3 Å². The SMILES string of the molecule is O=C(CCc1ncc(-c2ccccc2F)o1)NC1CCN(C(=O)Nc2ccccc2)CC1. The first-order valence-corrected chi connectivity index (χ1v) is 10.7. The number of carbonyl (C=O) groups is 2. The average molecular weight is 436 g/mol. The monoisotopic (exact) mass is 436 g/mol. The smallest absolute Gasteiger partial charge is 0.321 e. The Kier molecular flexibility index (Phi) is 6.79. The van der Waals surface area contributed by atoms with Gasteiger partial charge in [-0.3, -0.25) is 4.79 Å². The molecule has 0 atom stereocenters. The summed E-state index contributed by atoms with van der Waals surface area (Å²) in [6, 6.07) is 15.6. The summed E-state index contributed by atoms with van der Waals surface area (Å²) in [6.07, 6.45) is 3.43. The fraction of sp³-hybridized carbons (Fsp3) is 0.292. The number of likely N-dealkylation sites (tertiary alicyclic amines) is 1. The van der Waals surface area contributed by atoms with Crippen LogP contribution in [0.4, 0.5) is 14.9 Å². The highest BCUT2D eigenvalue weighted by atomic mass is 19.1. The molecule has 8 heteroatoms. The molecule has 1 saturated heterocycles. The van der Waals surface area contributed by atoms with Crippen LogP contribution >= 0.6 is 0 Å². The van der Waals surface area contributed by atoms with Gasteiger partial charge in [0.15, 0.2) is 11.7 Å². The van der Waals surface area contributed by atoms with Crippen LogP contribution in [-0.2, 0) is 11.2 Å². The molecule has 0 unspecified atom stereocenters. The van der Waals surface area contributed by atoms with Crippen molar-refractivity contribution in [2.24, 2.45) is 0 Å². The summed E-state index contributed by atoms with van der Waals surface area (Å²) in [5.41, 5.74) is 1.11. The maximum atomic E-state index is 13.9. The van der Waals surface area contributed by atoms with Gasteiger partial charge in [0.2, 0.25) is 5.91 Å². The first-order chi connectivity index (χ1) is 15.6. The Morgan fingerprint density at radius 1 is 1.06 bits per heavy atom. The third kappa shape index (κ3) is 5.51. The molecule has 166 valence electrons. The number of piperidine rings is 1. The molecule has 3 aromatic rings. The van der Waals surface area contributed by atoms with Gasteiger partial charge in [-0.2, -0.15) is 0 Å². The van der Waals surface area contributed by atoms with Gasteiger partial charge in [0, 0.05) is 37.7 Å². The number of nitrogens with one attached hydrogen (secondary N) is 2. The number of halogens is 1. The lowest BCUT2D eigenvalue weighted by Gasteiger charge is -2.32. The maximum Gasteiger partial charge on any atom is 0.321 e. The highest BCUT2D eigenvalue weighted by Crippen LogP contribution is 2.23. The van der Waals surface area contributed by atoms with Gasteiger partial charge >= 0.3 is 6.03 Å². The lowest BCUT2D eigenvalue weighted by molar-refractivity contribution is -0.122. The molecule has 0 aliphatic carbocycles. The van der Waals surface area contributed by atoms with Crippen molar-refractivity contribution in [3.8, 4) is 11.3 Å². The molecule has 32 heavy (non-hydrogen) atoms. The number of benzene rings is 2. The van der Waals surface area contributed by atoms with Crippen molar-refractivity contribution < 1.29 is 18.4 Å². The molecule has 7 nitrogen and oxygen atoms in total. The van der Waals surface area contributed by atoms with Crippen LogP contribution in [0.2, 0.25) is 0 Å². The minimum absolute atomic E-state index is 0.0295. The summed E-state index contributed by atoms with van der Waals surface area (Å²) in [6.45, 7) is 1.16. The summed E-state index contributed by atoms with van der Waals surface area (Å²) in [5, 5.41) is 5.90. The van der Waals surface area contributed by atoms with E-state index < -0.39 is 0 Å². The number of aryl methyl sites for hydroxylation is 1. The summed E-state index contributed by atoms with van der Waals surface area (Å²) in [5.74, 6) is 0.269. The molecule has 4 rings (SSSR count). The Morgan fingerprint density at radius 2 is 1.78 bits per heavy atom. The summed E-state index contributed by atoms with van der Waals surface area (Å²) in [4.78, 5) is 30.6. The van der Waals surface area contributed by atoms with Crippen molar-refractivity contribution in [2.45, 2.75) is 31.7 Å². The number of nitrogens with zero attached hydrogens (tertiary/aromatic N) is 2. The number of anilines is 1. The van der Waals surface area contributed by atoms with E-state index in [0.717, 1.165) is 5.69 Å². The summed E-state index contributed by atoms with van der Waals surface area (Å²) >= 11 is 0. The standard InChI is InChI=1S/C24H25FN4O3/c25-20-9-5-4-8-19(20)21-16-26-23(32-21)11-10-22(30)27-18-12-14-29(15-13-18)24(31)28-17-6-2-1-3-7-17/h1-9,16,18H,10-15H2,(H,27,30)(H,28,31). The van der Waals surface area contributed by atoms with Gasteiger partial charge in [-0.15, -0.1) is 0 Å². The average Bonchev–Trinajstić information content (AvgIpc) is 3.28. The minimum atomic E-state index is -0.378. The number of para-hydroxylation sites is 1. The number of rotatable bonds is 6. The quantitative estimate of drug-likeness (QED) is 0.606. The molecule has 0 saturated carbocycles. The number of hydrogen-bond donors (Lipinski definition) is 2. The second kappa shape index (κ2) is 10.1. The van der Waals surface area contributed by atoms with Crippen LogP contribution < -0.4 is 10.6 Å². The largest absolute Gasteiger partial charge is 0.441 e. The van der Waals surface area contributed by atoms with Gasteiger partial charge in [-0.05, 0) is 37.1 Å². The summed E-state index contributed by atoms with van der Waals surface area (Å²) < 4.78 is 19.5. The molecule has 0 radical (unpaired) electrons. The fourth-order valence-electron chi connectivity index (χ4n) is 3.68. The number of hydrogen-bond acceptors (Lipinski definition) is 4. The van der Waals surface area contributed by atoms with Crippen LogP contribution in [0.5, 0.6) is 0 Å². The Labute approximate surface area is 185 Å². The molecule has 1 aliphatic rings. The predicted molar refractivity (Wildman–Crippen MR) is 118 cm³/mol. The molecule has 1 aromatic heterocycles. The number of carbonyl (C=O) groups excluding carboxylic acids is 2. The van der Waals surface area contributed by atoms with E-state index in [1.165, 1.54) is 12.3 Å². The number of oxazole rings is 1. The van der Waals surface area contributed by atoms with Crippen molar-refractivity contribution in [1.82, 2.24) is 15.2 Å². The van der Waals surface area contributed by atoms with Crippen molar-refractivity contribution in [3.63, 3.8) is 0 Å². The van der Waals surface area contributed by atoms with Gasteiger partial charge < -0.3 is 20.0 Å². The number of urea groups is 1. The van der Waals surface area contributed by atoms with Crippen LogP contribution in [0.3, 0.4) is 0 Å². The molecule has 2 N–H and O–H groups in total. The number of amides is 3. The van der Waals surface area contributed by atoms with Crippen LogP contribution in [0.25, 0.3) is 11.3 Å². The van der Waals surface area contributed by atoms with Crippen molar-refractivity contribution >= 4 is 17.6 Å². The first-order valence-electron chi connectivity index (χ1n) is 10.7. The zero-order valence-corrected chi connectivity index (χ0v) is 17.6. The number of aromatic nitrogens is 1. The molecule has 1 aliphatic heterocycles. The molecule has 3 amide bonds. The zero-order chi connectivity index (χ0) is 22.3. The second-order valence-electron chi connectivity index (χ2n) is 7.72. The van der Waals surface area contributed by atoms with Crippen LogP contribution in [0, 0.1) is 5.82 Å². The van der Waals surface area contributed by atoms with E-state index in [4.69, 9.17) is 4.42 Å². The topological polar surface area (TPSA) is 87.5 Å². The Morgan fingerprint density at radius 3 is 2.53 bits per heavy atom. The van der Waals surface area contributed by atoms with Crippen molar-refractivity contribution in [1.29, 1.82) is 0 Å². The fourth-order valence-corrected chi connectivity index (χ4v) is 3.68. The van der Waals surface area contributed by atoms with Gasteiger partial charge in [-0.1, -0.05) is 30.3 Å². The summed E-state index contributed by atoms with van der Waals surface area (Å²) in [7, 11) is 0. The highest BCUT2D eigenvalue weighted by Gasteiger charge is 2.24. The second-order valence-corrected chi connectivity index (χ2v) is 7.72. The molecule has 2 heterocycles. The molecule has 2 aromatic carbocycles.